The van der Waals surface area contributed by atoms with Crippen molar-refractivity contribution in [2.24, 2.45) is 0 Å². The first-order valence-corrected chi connectivity index (χ1v) is 2.90. The Bertz CT molecular complexity index is 317. The molecule has 1 heterocycles. The zero-order valence-electron chi connectivity index (χ0n) is 5.56. The lowest BCUT2D eigenvalue weighted by atomic mass is 10.3. The molecule has 1 aromatic rings. The molecule has 0 bridgehead atoms. The molecule has 60 valence electrons. The number of rotatable bonds is 1. The van der Waals surface area contributed by atoms with Crippen LogP contribution in [0.2, 0.25) is 0 Å². The summed E-state index contributed by atoms with van der Waals surface area (Å²) in [4.78, 5) is 10.7. The van der Waals surface area contributed by atoms with Gasteiger partial charge in [0, 0.05) is 6.07 Å². The van der Waals surface area contributed by atoms with E-state index in [0.717, 1.165) is 12.3 Å². The standard InChI is InChI=1S/C6H7NO4/c8-3-4-1-5(9)6(10)2-7(4)11/h1-2,8,10-11H,3H2. The first-order chi connectivity index (χ1) is 5.15. The van der Waals surface area contributed by atoms with E-state index in [-0.39, 0.29) is 5.69 Å². The number of nitrogens with zero attached hydrogens (tertiary/aromatic N) is 1. The third-order valence-corrected chi connectivity index (χ3v) is 1.25. The molecule has 1 rings (SSSR count). The van der Waals surface area contributed by atoms with Crippen LogP contribution < -0.4 is 5.43 Å². The highest BCUT2D eigenvalue weighted by atomic mass is 16.5. The van der Waals surface area contributed by atoms with Gasteiger partial charge in [-0.15, -0.1) is 0 Å². The molecule has 0 saturated carbocycles. The highest BCUT2D eigenvalue weighted by molar-refractivity contribution is 5.18. The predicted octanol–water partition coefficient (Wildman–Crippen LogP) is -0.717. The van der Waals surface area contributed by atoms with Gasteiger partial charge in [-0.2, -0.15) is 4.73 Å². The van der Waals surface area contributed by atoms with Gasteiger partial charge in [-0.3, -0.25) is 4.79 Å². The monoisotopic (exact) mass is 157 g/mol. The summed E-state index contributed by atoms with van der Waals surface area (Å²) in [6, 6.07) is 0.954. The van der Waals surface area contributed by atoms with Crippen LogP contribution in [0.5, 0.6) is 5.75 Å². The van der Waals surface area contributed by atoms with Gasteiger partial charge in [-0.25, -0.2) is 0 Å². The number of aromatic hydroxyl groups is 1. The number of aliphatic hydroxyl groups is 1. The molecule has 0 aliphatic heterocycles. The van der Waals surface area contributed by atoms with Crippen molar-refractivity contribution < 1.29 is 15.4 Å². The average Bonchev–Trinajstić information content (AvgIpc) is 1.97. The Balaban J connectivity index is 3.32. The van der Waals surface area contributed by atoms with Crippen molar-refractivity contribution in [2.45, 2.75) is 6.61 Å². The predicted molar refractivity (Wildman–Crippen MR) is 35.5 cm³/mol. The molecule has 0 aliphatic carbocycles. The fourth-order valence-corrected chi connectivity index (χ4v) is 0.672. The first kappa shape index (κ1) is 7.62. The van der Waals surface area contributed by atoms with Crippen LogP contribution >= 0.6 is 0 Å². The maximum absolute atomic E-state index is 10.7. The van der Waals surface area contributed by atoms with Gasteiger partial charge in [0.15, 0.2) is 5.75 Å². The topological polar surface area (TPSA) is 82.7 Å². The van der Waals surface area contributed by atoms with Crippen molar-refractivity contribution in [1.82, 2.24) is 4.73 Å². The number of aromatic nitrogens is 1. The summed E-state index contributed by atoms with van der Waals surface area (Å²) in [6.07, 6.45) is 0.827. The molecule has 0 amide bonds. The fraction of sp³-hybridized carbons (Fsp3) is 0.167. The Morgan fingerprint density at radius 1 is 1.55 bits per heavy atom. The molecule has 1 aromatic heterocycles. The van der Waals surface area contributed by atoms with Crippen LogP contribution in [0, 0.1) is 0 Å². The molecule has 0 saturated heterocycles. The van der Waals surface area contributed by atoms with Gasteiger partial charge in [-0.1, -0.05) is 0 Å². The largest absolute Gasteiger partial charge is 0.503 e. The van der Waals surface area contributed by atoms with Crippen LogP contribution in [0.3, 0.4) is 0 Å². The first-order valence-electron chi connectivity index (χ1n) is 2.90. The summed E-state index contributed by atoms with van der Waals surface area (Å²) in [6.45, 7) is -0.452. The quantitative estimate of drug-likeness (QED) is 0.470. The summed E-state index contributed by atoms with van der Waals surface area (Å²) >= 11 is 0. The zero-order chi connectivity index (χ0) is 8.43. The van der Waals surface area contributed by atoms with E-state index in [2.05, 4.69) is 0 Å². The lowest BCUT2D eigenvalue weighted by Crippen LogP contribution is -2.09. The Hall–Kier alpha value is -1.49. The minimum Gasteiger partial charge on any atom is -0.503 e. The number of hydrogen-bond donors (Lipinski definition) is 3. The minimum atomic E-state index is -0.626. The van der Waals surface area contributed by atoms with Crippen molar-refractivity contribution in [2.75, 3.05) is 0 Å². The molecule has 0 atom stereocenters. The second kappa shape index (κ2) is 2.63. The van der Waals surface area contributed by atoms with Crippen LogP contribution in [0.15, 0.2) is 17.1 Å². The van der Waals surface area contributed by atoms with E-state index in [1.54, 1.807) is 0 Å². The Labute approximate surface area is 61.7 Å². The summed E-state index contributed by atoms with van der Waals surface area (Å²) in [5.41, 5.74) is -0.591. The van der Waals surface area contributed by atoms with Gasteiger partial charge in [0.05, 0.1) is 18.5 Å². The maximum atomic E-state index is 10.7. The molecular weight excluding hydrogens is 150 g/mol. The molecular formula is C6H7NO4. The second-order valence-corrected chi connectivity index (χ2v) is 2.02. The Morgan fingerprint density at radius 2 is 2.18 bits per heavy atom. The lowest BCUT2D eigenvalue weighted by molar-refractivity contribution is 0.148. The lowest BCUT2D eigenvalue weighted by Gasteiger charge is -2.02. The SMILES string of the molecule is O=c1cc(CO)n(O)cc1O. The molecule has 5 nitrogen and oxygen atoms in total. The molecule has 0 spiro atoms. The molecule has 11 heavy (non-hydrogen) atoms. The fourth-order valence-electron chi connectivity index (χ4n) is 0.672. The second-order valence-electron chi connectivity index (χ2n) is 2.02. The molecule has 0 aliphatic rings. The van der Waals surface area contributed by atoms with Gasteiger partial charge in [0.25, 0.3) is 0 Å². The van der Waals surface area contributed by atoms with E-state index >= 15 is 0 Å². The van der Waals surface area contributed by atoms with E-state index in [1.165, 1.54) is 0 Å². The maximum Gasteiger partial charge on any atom is 0.223 e. The normalized spacial score (nSPS) is 9.91. The van der Waals surface area contributed by atoms with Gasteiger partial charge < -0.3 is 15.4 Å². The van der Waals surface area contributed by atoms with E-state index in [1.807, 2.05) is 0 Å². The van der Waals surface area contributed by atoms with E-state index < -0.39 is 17.8 Å². The van der Waals surface area contributed by atoms with Crippen molar-refractivity contribution in [3.63, 3.8) is 0 Å². The number of pyridine rings is 1. The molecule has 0 aromatic carbocycles. The average molecular weight is 157 g/mol. The zero-order valence-corrected chi connectivity index (χ0v) is 5.56. The summed E-state index contributed by atoms with van der Waals surface area (Å²) in [7, 11) is 0. The van der Waals surface area contributed by atoms with Crippen LogP contribution in [0.25, 0.3) is 0 Å². The molecule has 5 heteroatoms. The third kappa shape index (κ3) is 1.32. The molecule has 0 radical (unpaired) electrons. The summed E-state index contributed by atoms with van der Waals surface area (Å²) in [5, 5.41) is 26.2. The smallest absolute Gasteiger partial charge is 0.223 e. The van der Waals surface area contributed by atoms with Crippen molar-refractivity contribution >= 4 is 0 Å². The minimum absolute atomic E-state index is 0.0350. The van der Waals surface area contributed by atoms with Crippen LogP contribution in [0.4, 0.5) is 0 Å². The van der Waals surface area contributed by atoms with E-state index in [0.29, 0.717) is 4.73 Å². The Kier molecular flexibility index (Phi) is 1.82. The van der Waals surface area contributed by atoms with E-state index in [4.69, 9.17) is 15.4 Å². The van der Waals surface area contributed by atoms with Gasteiger partial charge in [-0.05, 0) is 0 Å². The van der Waals surface area contributed by atoms with E-state index in [9.17, 15) is 4.79 Å². The third-order valence-electron chi connectivity index (χ3n) is 1.25. The van der Waals surface area contributed by atoms with Crippen LogP contribution in [-0.2, 0) is 6.61 Å². The summed E-state index contributed by atoms with van der Waals surface area (Å²) in [5.74, 6) is -0.551. The highest BCUT2D eigenvalue weighted by Crippen LogP contribution is 2.01. The van der Waals surface area contributed by atoms with Crippen molar-refractivity contribution in [1.29, 1.82) is 0 Å². The summed E-state index contributed by atoms with van der Waals surface area (Å²) < 4.78 is 0.497. The number of hydrogen-bond acceptors (Lipinski definition) is 4. The molecule has 3 N–H and O–H groups in total. The van der Waals surface area contributed by atoms with Gasteiger partial charge in [0.2, 0.25) is 5.43 Å². The Morgan fingerprint density at radius 3 is 2.73 bits per heavy atom. The van der Waals surface area contributed by atoms with Gasteiger partial charge >= 0.3 is 0 Å². The van der Waals surface area contributed by atoms with Crippen LogP contribution in [0.1, 0.15) is 5.69 Å². The van der Waals surface area contributed by atoms with Crippen molar-refractivity contribution in [3.8, 4) is 5.75 Å². The van der Waals surface area contributed by atoms with Crippen molar-refractivity contribution in [3.05, 3.63) is 28.2 Å². The highest BCUT2D eigenvalue weighted by Gasteiger charge is 2.02. The van der Waals surface area contributed by atoms with Gasteiger partial charge in [0.1, 0.15) is 0 Å². The van der Waals surface area contributed by atoms with Crippen LogP contribution in [-0.4, -0.2) is 20.2 Å². The molecule has 0 fully saturated rings. The molecule has 0 unspecified atom stereocenters. The number of aliphatic hydroxyl groups excluding tert-OH is 1.